The maximum Gasteiger partial charge on any atom is 0.207 e. The van der Waals surface area contributed by atoms with E-state index in [0.29, 0.717) is 0 Å². The van der Waals surface area contributed by atoms with Crippen LogP contribution in [0.3, 0.4) is 0 Å². The normalized spacial score (nSPS) is 17.5. The molecule has 0 heterocycles. The van der Waals surface area contributed by atoms with Gasteiger partial charge in [-0.15, -0.1) is 0 Å². The summed E-state index contributed by atoms with van der Waals surface area (Å²) in [5, 5.41) is 3.51. The van der Waals surface area contributed by atoms with Gasteiger partial charge in [-0.25, -0.2) is 0 Å². The quantitative estimate of drug-likeness (QED) is 0.757. The molecule has 74 valence electrons. The van der Waals surface area contributed by atoms with Crippen molar-refractivity contribution in [1.82, 2.24) is 5.32 Å². The molecule has 0 unspecified atom stereocenters. The summed E-state index contributed by atoms with van der Waals surface area (Å²) in [6.45, 7) is 0.734. The summed E-state index contributed by atoms with van der Waals surface area (Å²) < 4.78 is 0. The molecule has 3 heteroatoms. The maximum atomic E-state index is 10.2. The summed E-state index contributed by atoms with van der Waals surface area (Å²) in [6, 6.07) is 7.89. The molecule has 14 heavy (non-hydrogen) atoms. The predicted molar refractivity (Wildman–Crippen MR) is 56.4 cm³/mol. The molecule has 0 aromatic heterocycles. The molecule has 1 aliphatic carbocycles. The number of carbonyl (C=O) groups excluding carboxylic acids is 1. The highest BCUT2D eigenvalue weighted by atomic mass is 35.5. The lowest BCUT2D eigenvalue weighted by molar-refractivity contribution is -0.109. The van der Waals surface area contributed by atoms with Gasteiger partial charge in [-0.05, 0) is 30.5 Å². The zero-order chi connectivity index (χ0) is 10.0. The van der Waals surface area contributed by atoms with Crippen LogP contribution in [0.4, 0.5) is 0 Å². The third kappa shape index (κ3) is 1.75. The molecule has 0 saturated heterocycles. The lowest BCUT2D eigenvalue weighted by atomic mass is 9.96. The van der Waals surface area contributed by atoms with Crippen molar-refractivity contribution < 1.29 is 4.79 Å². The number of halogens is 1. The van der Waals surface area contributed by atoms with Crippen LogP contribution < -0.4 is 5.32 Å². The number of carbonyl (C=O) groups is 1. The third-order valence-corrected chi connectivity index (χ3v) is 3.09. The molecular weight excluding hydrogens is 198 g/mol. The van der Waals surface area contributed by atoms with Crippen LogP contribution in [0.2, 0.25) is 5.02 Å². The molecule has 1 aliphatic rings. The molecule has 1 fully saturated rings. The Morgan fingerprint density at radius 1 is 1.36 bits per heavy atom. The summed E-state index contributed by atoms with van der Waals surface area (Å²) in [5.41, 5.74) is 1.46. The summed E-state index contributed by atoms with van der Waals surface area (Å²) in [5.74, 6) is 0. The lowest BCUT2D eigenvalue weighted by Crippen LogP contribution is -2.25. The number of rotatable bonds is 4. The Bertz CT molecular complexity index is 330. The van der Waals surface area contributed by atoms with Crippen LogP contribution in [-0.2, 0) is 10.2 Å². The fraction of sp³-hybridized carbons (Fsp3) is 0.364. The van der Waals surface area contributed by atoms with Crippen molar-refractivity contribution in [2.75, 3.05) is 6.54 Å². The van der Waals surface area contributed by atoms with E-state index in [1.807, 2.05) is 24.3 Å². The van der Waals surface area contributed by atoms with Crippen LogP contribution in [0.15, 0.2) is 24.3 Å². The van der Waals surface area contributed by atoms with Crippen LogP contribution >= 0.6 is 11.6 Å². The molecule has 0 radical (unpaired) electrons. The van der Waals surface area contributed by atoms with Crippen LogP contribution in [0, 0.1) is 0 Å². The van der Waals surface area contributed by atoms with Crippen LogP contribution in [0.25, 0.3) is 0 Å². The third-order valence-electron chi connectivity index (χ3n) is 2.83. The van der Waals surface area contributed by atoms with Gasteiger partial charge < -0.3 is 5.32 Å². The Kier molecular flexibility index (Phi) is 2.46. The average molecular weight is 210 g/mol. The number of benzene rings is 1. The molecule has 2 nitrogen and oxygen atoms in total. The zero-order valence-electron chi connectivity index (χ0n) is 7.79. The minimum absolute atomic E-state index is 0.186. The van der Waals surface area contributed by atoms with E-state index in [2.05, 4.69) is 5.32 Å². The van der Waals surface area contributed by atoms with Gasteiger partial charge in [-0.3, -0.25) is 4.79 Å². The highest BCUT2D eigenvalue weighted by Crippen LogP contribution is 2.47. The van der Waals surface area contributed by atoms with E-state index in [1.165, 1.54) is 5.56 Å². The van der Waals surface area contributed by atoms with E-state index in [-0.39, 0.29) is 5.41 Å². The van der Waals surface area contributed by atoms with Crippen molar-refractivity contribution in [3.63, 3.8) is 0 Å². The first kappa shape index (κ1) is 9.53. The van der Waals surface area contributed by atoms with E-state index in [9.17, 15) is 4.79 Å². The van der Waals surface area contributed by atoms with Crippen molar-refractivity contribution in [3.05, 3.63) is 34.9 Å². The molecule has 1 aromatic carbocycles. The first-order valence-corrected chi connectivity index (χ1v) is 5.08. The fourth-order valence-corrected chi connectivity index (χ4v) is 1.88. The van der Waals surface area contributed by atoms with Crippen molar-refractivity contribution in [1.29, 1.82) is 0 Å². The van der Waals surface area contributed by atoms with Crippen molar-refractivity contribution >= 4 is 18.0 Å². The second kappa shape index (κ2) is 3.62. The molecule has 1 aromatic rings. The zero-order valence-corrected chi connectivity index (χ0v) is 8.55. The minimum atomic E-state index is 0.186. The number of hydrogen-bond donors (Lipinski definition) is 1. The van der Waals surface area contributed by atoms with E-state index < -0.39 is 0 Å². The molecule has 1 N–H and O–H groups in total. The maximum absolute atomic E-state index is 10.2. The van der Waals surface area contributed by atoms with Gasteiger partial charge in [0.05, 0.1) is 0 Å². The Labute approximate surface area is 88.3 Å². The van der Waals surface area contributed by atoms with Gasteiger partial charge in [0.15, 0.2) is 0 Å². The van der Waals surface area contributed by atoms with Crippen LogP contribution in [-0.4, -0.2) is 13.0 Å². The van der Waals surface area contributed by atoms with Crippen LogP contribution in [0.1, 0.15) is 18.4 Å². The van der Waals surface area contributed by atoms with E-state index in [0.717, 1.165) is 30.8 Å². The first-order chi connectivity index (χ1) is 6.77. The topological polar surface area (TPSA) is 29.1 Å². The molecule has 1 amide bonds. The molecule has 0 bridgehead atoms. The SMILES string of the molecule is O=CNCC1(c2ccc(Cl)cc2)CC1. The lowest BCUT2D eigenvalue weighted by Gasteiger charge is -2.14. The summed E-state index contributed by atoms with van der Waals surface area (Å²) >= 11 is 5.81. The number of amides is 1. The van der Waals surface area contributed by atoms with Gasteiger partial charge in [0, 0.05) is 17.0 Å². The number of hydrogen-bond acceptors (Lipinski definition) is 1. The highest BCUT2D eigenvalue weighted by molar-refractivity contribution is 6.30. The molecule has 0 spiro atoms. The average Bonchev–Trinajstić information content (AvgIpc) is 2.97. The van der Waals surface area contributed by atoms with Gasteiger partial charge >= 0.3 is 0 Å². The summed E-state index contributed by atoms with van der Waals surface area (Å²) in [4.78, 5) is 10.2. The standard InChI is InChI=1S/C11H12ClNO/c12-10-3-1-9(2-4-10)11(5-6-11)7-13-8-14/h1-4,8H,5-7H2,(H,13,14). The van der Waals surface area contributed by atoms with Crippen molar-refractivity contribution in [2.24, 2.45) is 0 Å². The van der Waals surface area contributed by atoms with Gasteiger partial charge in [-0.2, -0.15) is 0 Å². The Morgan fingerprint density at radius 3 is 2.50 bits per heavy atom. The molecule has 1 saturated carbocycles. The largest absolute Gasteiger partial charge is 0.358 e. The van der Waals surface area contributed by atoms with Gasteiger partial charge in [0.2, 0.25) is 6.41 Å². The molecule has 0 atom stereocenters. The second-order valence-corrected chi connectivity index (χ2v) is 4.22. The van der Waals surface area contributed by atoms with E-state index in [1.54, 1.807) is 0 Å². The minimum Gasteiger partial charge on any atom is -0.358 e. The first-order valence-electron chi connectivity index (χ1n) is 4.70. The van der Waals surface area contributed by atoms with Crippen molar-refractivity contribution in [2.45, 2.75) is 18.3 Å². The molecular formula is C11H12ClNO. The van der Waals surface area contributed by atoms with E-state index in [4.69, 9.17) is 11.6 Å². The van der Waals surface area contributed by atoms with Crippen molar-refractivity contribution in [3.8, 4) is 0 Å². The van der Waals surface area contributed by atoms with Gasteiger partial charge in [0.1, 0.15) is 0 Å². The van der Waals surface area contributed by atoms with Crippen LogP contribution in [0.5, 0.6) is 0 Å². The molecule has 0 aliphatic heterocycles. The summed E-state index contributed by atoms with van der Waals surface area (Å²) in [6.07, 6.45) is 3.06. The second-order valence-electron chi connectivity index (χ2n) is 3.79. The summed E-state index contributed by atoms with van der Waals surface area (Å²) in [7, 11) is 0. The Balaban J connectivity index is 2.13. The highest BCUT2D eigenvalue weighted by Gasteiger charge is 2.43. The van der Waals surface area contributed by atoms with Gasteiger partial charge in [0.25, 0.3) is 0 Å². The number of nitrogens with one attached hydrogen (secondary N) is 1. The smallest absolute Gasteiger partial charge is 0.207 e. The fourth-order valence-electron chi connectivity index (χ4n) is 1.76. The Morgan fingerprint density at radius 2 is 2.00 bits per heavy atom. The Hall–Kier alpha value is -1.02. The predicted octanol–water partition coefficient (Wildman–Crippen LogP) is 2.12. The molecule has 2 rings (SSSR count). The van der Waals surface area contributed by atoms with Gasteiger partial charge in [-0.1, -0.05) is 23.7 Å². The van der Waals surface area contributed by atoms with E-state index >= 15 is 0 Å². The monoisotopic (exact) mass is 209 g/mol.